The second-order valence-electron chi connectivity index (χ2n) is 7.59. The number of nitrogens with zero attached hydrogens (tertiary/aromatic N) is 2. The highest BCUT2D eigenvalue weighted by molar-refractivity contribution is 6.01. The lowest BCUT2D eigenvalue weighted by Crippen LogP contribution is -2.48. The lowest BCUT2D eigenvalue weighted by atomic mass is 9.79. The minimum atomic E-state index is -0.671. The summed E-state index contributed by atoms with van der Waals surface area (Å²) in [4.78, 5) is 32.8. The number of carbonyl (C=O) groups is 2. The van der Waals surface area contributed by atoms with E-state index in [1.807, 2.05) is 30.3 Å². The number of carbonyl (C=O) groups excluding carboxylic acids is 2. The topological polar surface area (TPSA) is 71.5 Å². The summed E-state index contributed by atoms with van der Waals surface area (Å²) in [5, 5.41) is 2.97. The smallest absolute Gasteiger partial charge is 0.254 e. The van der Waals surface area contributed by atoms with Gasteiger partial charge in [0.15, 0.2) is 0 Å². The van der Waals surface area contributed by atoms with Gasteiger partial charge in [-0.2, -0.15) is 0 Å². The first-order valence-corrected chi connectivity index (χ1v) is 10.4. The molecular formula is C25H24FN3O3. The van der Waals surface area contributed by atoms with Crippen LogP contribution in [-0.4, -0.2) is 42.0 Å². The van der Waals surface area contributed by atoms with Gasteiger partial charge in [-0.15, -0.1) is 0 Å². The predicted octanol–water partition coefficient (Wildman–Crippen LogP) is 3.46. The number of ether oxygens (including phenoxy) is 1. The average molecular weight is 433 g/mol. The van der Waals surface area contributed by atoms with Crippen LogP contribution in [0, 0.1) is 5.82 Å². The average Bonchev–Trinajstić information content (AvgIpc) is 2.83. The summed E-state index contributed by atoms with van der Waals surface area (Å²) in [6.45, 7) is 0.879. The maximum atomic E-state index is 13.6. The van der Waals surface area contributed by atoms with Gasteiger partial charge in [-0.25, -0.2) is 4.39 Å². The van der Waals surface area contributed by atoms with Crippen molar-refractivity contribution in [1.82, 2.24) is 15.2 Å². The molecule has 2 aromatic carbocycles. The Bertz CT molecular complexity index is 1090. The molecule has 1 aliphatic heterocycles. The molecule has 0 aliphatic carbocycles. The number of nitrogens with one attached hydrogen (secondary N) is 1. The normalized spacial score (nSPS) is 17.7. The Labute approximate surface area is 186 Å². The van der Waals surface area contributed by atoms with Gasteiger partial charge in [-0.1, -0.05) is 36.4 Å². The minimum Gasteiger partial charge on any atom is -0.383 e. The minimum absolute atomic E-state index is 0.180. The molecule has 164 valence electrons. The van der Waals surface area contributed by atoms with E-state index >= 15 is 0 Å². The number of methoxy groups -OCH3 is 1. The zero-order valence-corrected chi connectivity index (χ0v) is 17.7. The first-order chi connectivity index (χ1) is 15.6. The third kappa shape index (κ3) is 4.38. The second kappa shape index (κ2) is 9.70. The maximum absolute atomic E-state index is 13.6. The Hall–Kier alpha value is -3.58. The van der Waals surface area contributed by atoms with Gasteiger partial charge in [0.1, 0.15) is 5.82 Å². The van der Waals surface area contributed by atoms with Crippen LogP contribution in [-0.2, 0) is 16.1 Å². The van der Waals surface area contributed by atoms with Gasteiger partial charge in [-0.05, 0) is 41.5 Å². The molecule has 1 aliphatic rings. The lowest BCUT2D eigenvalue weighted by molar-refractivity contribution is -0.124. The molecule has 0 bridgehead atoms. The van der Waals surface area contributed by atoms with Crippen LogP contribution in [0.3, 0.4) is 0 Å². The number of benzene rings is 2. The van der Waals surface area contributed by atoms with Crippen LogP contribution >= 0.6 is 0 Å². The lowest BCUT2D eigenvalue weighted by Gasteiger charge is -2.41. The van der Waals surface area contributed by atoms with Gasteiger partial charge in [0.2, 0.25) is 5.91 Å². The molecule has 2 heterocycles. The molecule has 6 nitrogen and oxygen atoms in total. The molecule has 7 heteroatoms. The fourth-order valence-corrected chi connectivity index (χ4v) is 4.13. The standard InChI is InChI=1S/C25H24FN3O3/c1-32-15-14-29-23(17-9-11-18(26)12-10-17)22(20-7-2-3-8-21(20)25(29)31)24(30)28-16-19-6-4-5-13-27-19/h2-13,22-23H,14-16H2,1H3,(H,28,30)/t22-,23-/m1/s1. The first-order valence-electron chi connectivity index (χ1n) is 10.4. The van der Waals surface area contributed by atoms with Crippen molar-refractivity contribution in [2.75, 3.05) is 20.3 Å². The van der Waals surface area contributed by atoms with Crippen molar-refractivity contribution in [1.29, 1.82) is 0 Å². The van der Waals surface area contributed by atoms with Crippen molar-refractivity contribution in [2.24, 2.45) is 0 Å². The van der Waals surface area contributed by atoms with Gasteiger partial charge in [0.05, 0.1) is 30.8 Å². The number of amides is 2. The van der Waals surface area contributed by atoms with Crippen molar-refractivity contribution >= 4 is 11.8 Å². The molecule has 32 heavy (non-hydrogen) atoms. The molecule has 0 saturated carbocycles. The third-order valence-electron chi connectivity index (χ3n) is 5.64. The summed E-state index contributed by atoms with van der Waals surface area (Å²) in [7, 11) is 1.56. The number of halogens is 1. The van der Waals surface area contributed by atoms with Crippen LogP contribution in [0.2, 0.25) is 0 Å². The number of pyridine rings is 1. The van der Waals surface area contributed by atoms with Crippen molar-refractivity contribution in [3.05, 3.63) is 101 Å². The van der Waals surface area contributed by atoms with Crippen molar-refractivity contribution in [2.45, 2.75) is 18.5 Å². The van der Waals surface area contributed by atoms with Crippen LogP contribution in [0.25, 0.3) is 0 Å². The van der Waals surface area contributed by atoms with E-state index in [2.05, 4.69) is 10.3 Å². The molecule has 2 atom stereocenters. The Kier molecular flexibility index (Phi) is 6.56. The van der Waals surface area contributed by atoms with Crippen molar-refractivity contribution in [3.8, 4) is 0 Å². The zero-order chi connectivity index (χ0) is 22.5. The Morgan fingerprint density at radius 3 is 2.56 bits per heavy atom. The largest absolute Gasteiger partial charge is 0.383 e. The SMILES string of the molecule is COCCN1C(=O)c2ccccc2[C@@H](C(=O)NCc2ccccn2)[C@H]1c1ccc(F)cc1. The maximum Gasteiger partial charge on any atom is 0.254 e. The molecule has 1 aromatic heterocycles. The van der Waals surface area contributed by atoms with E-state index in [0.29, 0.717) is 29.8 Å². The predicted molar refractivity (Wildman–Crippen MR) is 117 cm³/mol. The zero-order valence-electron chi connectivity index (χ0n) is 17.7. The summed E-state index contributed by atoms with van der Waals surface area (Å²) in [6, 6.07) is 18.0. The van der Waals surface area contributed by atoms with E-state index in [0.717, 1.165) is 5.69 Å². The number of hydrogen-bond donors (Lipinski definition) is 1. The molecule has 4 rings (SSSR count). The summed E-state index contributed by atoms with van der Waals surface area (Å²) in [5.41, 5.74) is 2.55. The van der Waals surface area contributed by atoms with Gasteiger partial charge in [-0.3, -0.25) is 14.6 Å². The number of aromatic nitrogens is 1. The van der Waals surface area contributed by atoms with Gasteiger partial charge < -0.3 is 15.0 Å². The molecule has 0 saturated heterocycles. The van der Waals surface area contributed by atoms with E-state index < -0.39 is 12.0 Å². The van der Waals surface area contributed by atoms with Gasteiger partial charge in [0.25, 0.3) is 5.91 Å². The van der Waals surface area contributed by atoms with Gasteiger partial charge in [0, 0.05) is 25.4 Å². The highest BCUT2D eigenvalue weighted by atomic mass is 19.1. The van der Waals surface area contributed by atoms with Crippen molar-refractivity contribution in [3.63, 3.8) is 0 Å². The Morgan fingerprint density at radius 2 is 1.84 bits per heavy atom. The van der Waals surface area contributed by atoms with Crippen LogP contribution < -0.4 is 5.32 Å². The highest BCUT2D eigenvalue weighted by Gasteiger charge is 2.43. The molecular weight excluding hydrogens is 409 g/mol. The summed E-state index contributed by atoms with van der Waals surface area (Å²) < 4.78 is 18.9. The summed E-state index contributed by atoms with van der Waals surface area (Å²) in [6.07, 6.45) is 1.67. The highest BCUT2D eigenvalue weighted by Crippen LogP contribution is 2.42. The van der Waals surface area contributed by atoms with Crippen LogP contribution in [0.5, 0.6) is 0 Å². The van der Waals surface area contributed by atoms with E-state index in [9.17, 15) is 14.0 Å². The molecule has 0 unspecified atom stereocenters. The molecule has 0 spiro atoms. The van der Waals surface area contributed by atoms with Crippen molar-refractivity contribution < 1.29 is 18.7 Å². The molecule has 0 fully saturated rings. The summed E-state index contributed by atoms with van der Waals surface area (Å²) >= 11 is 0. The number of rotatable bonds is 7. The quantitative estimate of drug-likeness (QED) is 0.620. The van der Waals surface area contributed by atoms with E-state index in [4.69, 9.17) is 4.74 Å². The molecule has 2 amide bonds. The monoisotopic (exact) mass is 433 g/mol. The van der Waals surface area contributed by atoms with E-state index in [1.165, 1.54) is 12.1 Å². The fourth-order valence-electron chi connectivity index (χ4n) is 4.13. The van der Waals surface area contributed by atoms with Crippen LogP contribution in [0.1, 0.15) is 39.1 Å². The molecule has 0 radical (unpaired) electrons. The summed E-state index contributed by atoms with van der Waals surface area (Å²) in [5.74, 6) is -1.46. The second-order valence-corrected chi connectivity index (χ2v) is 7.59. The van der Waals surface area contributed by atoms with Crippen LogP contribution in [0.4, 0.5) is 4.39 Å². The van der Waals surface area contributed by atoms with Crippen LogP contribution in [0.15, 0.2) is 72.9 Å². The van der Waals surface area contributed by atoms with E-state index in [1.54, 1.807) is 42.5 Å². The Balaban J connectivity index is 1.76. The molecule has 1 N–H and O–H groups in total. The first kappa shape index (κ1) is 21.6. The van der Waals surface area contributed by atoms with Gasteiger partial charge >= 0.3 is 0 Å². The molecule has 3 aromatic rings. The van der Waals surface area contributed by atoms with E-state index in [-0.39, 0.29) is 24.2 Å². The third-order valence-corrected chi connectivity index (χ3v) is 5.64. The Morgan fingerprint density at radius 1 is 1.09 bits per heavy atom. The number of fused-ring (bicyclic) bond motifs is 1. The number of hydrogen-bond acceptors (Lipinski definition) is 4. The fraction of sp³-hybridized carbons (Fsp3) is 0.240.